The molecule has 2 heteroatoms. The van der Waals surface area contributed by atoms with E-state index in [2.05, 4.69) is 25.3 Å². The second-order valence-corrected chi connectivity index (χ2v) is 4.43. The molecule has 76 valence electrons. The lowest BCUT2D eigenvalue weighted by atomic mass is 9.93. The molecule has 0 radical (unpaired) electrons. The van der Waals surface area contributed by atoms with Crippen LogP contribution in [-0.4, -0.2) is 30.2 Å². The van der Waals surface area contributed by atoms with Crippen LogP contribution in [0.2, 0.25) is 0 Å². The average Bonchev–Trinajstić information content (AvgIpc) is 2.09. The normalized spacial score (nSPS) is 23.4. The number of alkyl halides is 1. The topological polar surface area (TPSA) is 3.24 Å². The highest BCUT2D eigenvalue weighted by Gasteiger charge is 2.31. The Bertz CT molecular complexity index is 169. The Labute approximate surface area is 80.6 Å². The van der Waals surface area contributed by atoms with Gasteiger partial charge in [-0.2, -0.15) is 0 Å². The van der Waals surface area contributed by atoms with E-state index < -0.39 is 5.67 Å². The smallest absolute Gasteiger partial charge is 0.131 e. The van der Waals surface area contributed by atoms with Gasteiger partial charge in [-0.3, -0.25) is 0 Å². The van der Waals surface area contributed by atoms with Crippen LogP contribution in [0, 0.1) is 5.92 Å². The second kappa shape index (κ2) is 4.23. The number of hydrogen-bond donors (Lipinski definition) is 0. The fourth-order valence-corrected chi connectivity index (χ4v) is 1.83. The van der Waals surface area contributed by atoms with Gasteiger partial charge in [0.25, 0.3) is 0 Å². The molecule has 0 N–H and O–H groups in total. The predicted molar refractivity (Wildman–Crippen MR) is 54.5 cm³/mol. The maximum absolute atomic E-state index is 13.7. The highest BCUT2D eigenvalue weighted by atomic mass is 19.1. The Morgan fingerprint density at radius 2 is 2.00 bits per heavy atom. The maximum Gasteiger partial charge on any atom is 0.131 e. The molecule has 1 saturated heterocycles. The van der Waals surface area contributed by atoms with Crippen LogP contribution in [-0.2, 0) is 0 Å². The van der Waals surface area contributed by atoms with Crippen LogP contribution in [0.25, 0.3) is 0 Å². The SMILES string of the molecule is C=CC1(F)CCN(CC(C)C)CC1. The largest absolute Gasteiger partial charge is 0.303 e. The minimum Gasteiger partial charge on any atom is -0.303 e. The van der Waals surface area contributed by atoms with E-state index in [0.29, 0.717) is 18.8 Å². The van der Waals surface area contributed by atoms with E-state index in [1.54, 1.807) is 0 Å². The van der Waals surface area contributed by atoms with Crippen molar-refractivity contribution >= 4 is 0 Å². The minimum atomic E-state index is -1.09. The summed E-state index contributed by atoms with van der Waals surface area (Å²) >= 11 is 0. The van der Waals surface area contributed by atoms with Crippen LogP contribution < -0.4 is 0 Å². The molecular formula is C11H20FN. The summed E-state index contributed by atoms with van der Waals surface area (Å²) in [5.74, 6) is 0.677. The summed E-state index contributed by atoms with van der Waals surface area (Å²) in [7, 11) is 0. The molecule has 0 aliphatic carbocycles. The molecule has 1 rings (SSSR count). The Morgan fingerprint density at radius 3 is 2.38 bits per heavy atom. The van der Waals surface area contributed by atoms with E-state index in [1.165, 1.54) is 6.08 Å². The first-order valence-corrected chi connectivity index (χ1v) is 5.10. The van der Waals surface area contributed by atoms with Crippen molar-refractivity contribution in [2.24, 2.45) is 5.92 Å². The van der Waals surface area contributed by atoms with Crippen molar-refractivity contribution in [2.75, 3.05) is 19.6 Å². The van der Waals surface area contributed by atoms with Gasteiger partial charge in [0.05, 0.1) is 0 Å². The van der Waals surface area contributed by atoms with Gasteiger partial charge in [0, 0.05) is 19.6 Å². The van der Waals surface area contributed by atoms with E-state index in [9.17, 15) is 4.39 Å². The monoisotopic (exact) mass is 185 g/mol. The van der Waals surface area contributed by atoms with Gasteiger partial charge in [-0.1, -0.05) is 26.5 Å². The number of likely N-dealkylation sites (tertiary alicyclic amines) is 1. The molecule has 1 fully saturated rings. The first kappa shape index (κ1) is 10.7. The van der Waals surface area contributed by atoms with E-state index in [0.717, 1.165) is 19.6 Å². The van der Waals surface area contributed by atoms with E-state index in [4.69, 9.17) is 0 Å². The van der Waals surface area contributed by atoms with Gasteiger partial charge < -0.3 is 4.90 Å². The summed E-state index contributed by atoms with van der Waals surface area (Å²) in [4.78, 5) is 2.34. The van der Waals surface area contributed by atoms with E-state index in [1.807, 2.05) is 0 Å². The maximum atomic E-state index is 13.7. The van der Waals surface area contributed by atoms with Crippen molar-refractivity contribution in [1.29, 1.82) is 0 Å². The molecule has 1 aliphatic rings. The van der Waals surface area contributed by atoms with Gasteiger partial charge in [-0.25, -0.2) is 4.39 Å². The summed E-state index contributed by atoms with van der Waals surface area (Å²) < 4.78 is 13.7. The molecule has 1 aliphatic heterocycles. The molecule has 1 heterocycles. The fourth-order valence-electron chi connectivity index (χ4n) is 1.83. The summed E-state index contributed by atoms with van der Waals surface area (Å²) in [6, 6.07) is 0. The molecule has 1 nitrogen and oxygen atoms in total. The van der Waals surface area contributed by atoms with Crippen molar-refractivity contribution in [3.05, 3.63) is 12.7 Å². The van der Waals surface area contributed by atoms with Crippen LogP contribution in [0.1, 0.15) is 26.7 Å². The molecule has 0 amide bonds. The molecule has 0 aromatic carbocycles. The zero-order valence-electron chi connectivity index (χ0n) is 8.72. The number of allylic oxidation sites excluding steroid dienone is 1. The third-order valence-electron chi connectivity index (χ3n) is 2.68. The van der Waals surface area contributed by atoms with Gasteiger partial charge in [-0.15, -0.1) is 0 Å². The van der Waals surface area contributed by atoms with E-state index in [-0.39, 0.29) is 0 Å². The fraction of sp³-hybridized carbons (Fsp3) is 0.818. The number of hydrogen-bond acceptors (Lipinski definition) is 1. The standard InChI is InChI=1S/C11H20FN/c1-4-11(12)5-7-13(8-6-11)9-10(2)3/h4,10H,1,5-9H2,2-3H3. The van der Waals surface area contributed by atoms with Crippen LogP contribution >= 0.6 is 0 Å². The molecule has 0 bridgehead atoms. The molecule has 0 atom stereocenters. The highest BCUT2D eigenvalue weighted by molar-refractivity contribution is 4.99. The summed E-state index contributed by atoms with van der Waals surface area (Å²) in [5.41, 5.74) is -1.09. The summed E-state index contributed by atoms with van der Waals surface area (Å²) in [6.07, 6.45) is 2.70. The number of rotatable bonds is 3. The third-order valence-corrected chi connectivity index (χ3v) is 2.68. The van der Waals surface area contributed by atoms with Crippen LogP contribution in [0.15, 0.2) is 12.7 Å². The predicted octanol–water partition coefficient (Wildman–Crippen LogP) is 2.63. The molecule has 0 aromatic heterocycles. The molecule has 0 spiro atoms. The zero-order chi connectivity index (χ0) is 9.90. The lowest BCUT2D eigenvalue weighted by molar-refractivity contribution is 0.0903. The van der Waals surface area contributed by atoms with Crippen molar-refractivity contribution in [3.63, 3.8) is 0 Å². The molecular weight excluding hydrogens is 165 g/mol. The van der Waals surface area contributed by atoms with Crippen LogP contribution in [0.3, 0.4) is 0 Å². The van der Waals surface area contributed by atoms with Gasteiger partial charge >= 0.3 is 0 Å². The van der Waals surface area contributed by atoms with Crippen molar-refractivity contribution in [3.8, 4) is 0 Å². The number of piperidine rings is 1. The minimum absolute atomic E-state index is 0.614. The van der Waals surface area contributed by atoms with Crippen molar-refractivity contribution in [1.82, 2.24) is 4.90 Å². The van der Waals surface area contributed by atoms with Gasteiger partial charge in [0.15, 0.2) is 0 Å². The Morgan fingerprint density at radius 1 is 1.46 bits per heavy atom. The van der Waals surface area contributed by atoms with Gasteiger partial charge in [0.1, 0.15) is 5.67 Å². The zero-order valence-corrected chi connectivity index (χ0v) is 8.72. The quantitative estimate of drug-likeness (QED) is 0.611. The van der Waals surface area contributed by atoms with Gasteiger partial charge in [-0.05, 0) is 18.8 Å². The van der Waals surface area contributed by atoms with Crippen LogP contribution in [0.5, 0.6) is 0 Å². The lowest BCUT2D eigenvalue weighted by Crippen LogP contribution is -2.41. The van der Waals surface area contributed by atoms with Crippen molar-refractivity contribution in [2.45, 2.75) is 32.4 Å². The van der Waals surface area contributed by atoms with Gasteiger partial charge in [0.2, 0.25) is 0 Å². The first-order valence-electron chi connectivity index (χ1n) is 5.10. The average molecular weight is 185 g/mol. The lowest BCUT2D eigenvalue weighted by Gasteiger charge is -2.35. The summed E-state index contributed by atoms with van der Waals surface area (Å²) in [5, 5.41) is 0. The Balaban J connectivity index is 2.34. The Kier molecular flexibility index (Phi) is 3.48. The van der Waals surface area contributed by atoms with E-state index >= 15 is 0 Å². The number of halogens is 1. The second-order valence-electron chi connectivity index (χ2n) is 4.43. The Hall–Kier alpha value is -0.370. The first-order chi connectivity index (χ1) is 6.06. The molecule has 0 aromatic rings. The molecule has 0 saturated carbocycles. The number of nitrogens with zero attached hydrogens (tertiary/aromatic N) is 1. The highest BCUT2D eigenvalue weighted by Crippen LogP contribution is 2.27. The molecule has 0 unspecified atom stereocenters. The molecule has 13 heavy (non-hydrogen) atoms. The third kappa shape index (κ3) is 3.11. The van der Waals surface area contributed by atoms with Crippen molar-refractivity contribution < 1.29 is 4.39 Å². The summed E-state index contributed by atoms with van der Waals surface area (Å²) in [6.45, 7) is 10.8. The van der Waals surface area contributed by atoms with Crippen LogP contribution in [0.4, 0.5) is 4.39 Å².